The second-order valence-electron chi connectivity index (χ2n) is 5.69. The van der Waals surface area contributed by atoms with Crippen molar-refractivity contribution in [1.82, 2.24) is 10.1 Å². The molecule has 5 nitrogen and oxygen atoms in total. The largest absolute Gasteiger partial charge is 0.393 e. The van der Waals surface area contributed by atoms with Crippen LogP contribution in [0, 0.1) is 5.92 Å². The lowest BCUT2D eigenvalue weighted by Gasteiger charge is -2.37. The Morgan fingerprint density at radius 1 is 1.58 bits per heavy atom. The van der Waals surface area contributed by atoms with Gasteiger partial charge in [-0.2, -0.15) is 4.98 Å². The predicted octanol–water partition coefficient (Wildman–Crippen LogP) is 2.43. The van der Waals surface area contributed by atoms with Gasteiger partial charge in [0.05, 0.1) is 12.5 Å². The van der Waals surface area contributed by atoms with E-state index in [0.717, 1.165) is 19.3 Å². The minimum Gasteiger partial charge on any atom is -0.393 e. The smallest absolute Gasteiger partial charge is 0.229 e. The second kappa shape index (κ2) is 6.01. The Morgan fingerprint density at radius 2 is 2.37 bits per heavy atom. The van der Waals surface area contributed by atoms with Gasteiger partial charge < -0.3 is 14.4 Å². The maximum absolute atomic E-state index is 9.38. The standard InChI is InChI=1S/C14H24N2O3/c1-4-18-14(7-5-6-10(2)9-14)13-15-12(19-16-13)8-11(3)17/h10-11,17H,4-9H2,1-3H3. The highest BCUT2D eigenvalue weighted by molar-refractivity contribution is 5.04. The molecule has 3 atom stereocenters. The SMILES string of the molecule is CCOC1(c2noc(CC(C)O)n2)CCCC(C)C1. The number of rotatable bonds is 5. The van der Waals surface area contributed by atoms with Crippen LogP contribution in [0.2, 0.25) is 0 Å². The van der Waals surface area contributed by atoms with Crippen molar-refractivity contribution in [2.75, 3.05) is 6.61 Å². The summed E-state index contributed by atoms with van der Waals surface area (Å²) >= 11 is 0. The van der Waals surface area contributed by atoms with Crippen LogP contribution >= 0.6 is 0 Å². The van der Waals surface area contributed by atoms with E-state index < -0.39 is 11.7 Å². The Labute approximate surface area is 114 Å². The van der Waals surface area contributed by atoms with E-state index in [9.17, 15) is 5.11 Å². The number of hydrogen-bond acceptors (Lipinski definition) is 5. The fourth-order valence-corrected chi connectivity index (χ4v) is 2.95. The fraction of sp³-hybridized carbons (Fsp3) is 0.857. The lowest BCUT2D eigenvalue weighted by molar-refractivity contribution is -0.0891. The molecule has 0 radical (unpaired) electrons. The number of aliphatic hydroxyl groups is 1. The first-order valence-corrected chi connectivity index (χ1v) is 7.21. The molecule has 1 heterocycles. The van der Waals surface area contributed by atoms with E-state index in [-0.39, 0.29) is 0 Å². The predicted molar refractivity (Wildman–Crippen MR) is 70.6 cm³/mol. The summed E-state index contributed by atoms with van der Waals surface area (Å²) in [6.07, 6.45) is 4.16. The molecule has 1 N–H and O–H groups in total. The number of nitrogens with zero attached hydrogens (tertiary/aromatic N) is 2. The Kier molecular flexibility index (Phi) is 4.58. The number of aliphatic hydroxyl groups excluding tert-OH is 1. The number of aromatic nitrogens is 2. The fourth-order valence-electron chi connectivity index (χ4n) is 2.95. The van der Waals surface area contributed by atoms with Gasteiger partial charge >= 0.3 is 0 Å². The zero-order valence-corrected chi connectivity index (χ0v) is 12.1. The van der Waals surface area contributed by atoms with Crippen molar-refractivity contribution in [2.45, 2.75) is 64.6 Å². The van der Waals surface area contributed by atoms with Crippen molar-refractivity contribution in [3.05, 3.63) is 11.7 Å². The summed E-state index contributed by atoms with van der Waals surface area (Å²) in [5, 5.41) is 13.5. The molecule has 1 saturated carbocycles. The van der Waals surface area contributed by atoms with E-state index in [2.05, 4.69) is 17.1 Å². The molecule has 0 spiro atoms. The van der Waals surface area contributed by atoms with Crippen molar-refractivity contribution < 1.29 is 14.4 Å². The van der Waals surface area contributed by atoms with Gasteiger partial charge in [0.2, 0.25) is 11.7 Å². The highest BCUT2D eigenvalue weighted by atomic mass is 16.5. The Hall–Kier alpha value is -0.940. The second-order valence-corrected chi connectivity index (χ2v) is 5.69. The third-order valence-corrected chi connectivity index (χ3v) is 3.72. The van der Waals surface area contributed by atoms with Crippen LogP contribution in [0.4, 0.5) is 0 Å². The van der Waals surface area contributed by atoms with Crippen molar-refractivity contribution >= 4 is 0 Å². The van der Waals surface area contributed by atoms with Crippen LogP contribution in [0.15, 0.2) is 4.52 Å². The van der Waals surface area contributed by atoms with Gasteiger partial charge in [-0.25, -0.2) is 0 Å². The third kappa shape index (κ3) is 3.34. The molecule has 3 unspecified atom stereocenters. The third-order valence-electron chi connectivity index (χ3n) is 3.72. The topological polar surface area (TPSA) is 68.4 Å². The van der Waals surface area contributed by atoms with E-state index in [4.69, 9.17) is 9.26 Å². The van der Waals surface area contributed by atoms with Crippen LogP contribution in [-0.4, -0.2) is 28.0 Å². The average Bonchev–Trinajstić information content (AvgIpc) is 2.77. The van der Waals surface area contributed by atoms with Crippen molar-refractivity contribution in [1.29, 1.82) is 0 Å². The molecule has 1 aromatic heterocycles. The van der Waals surface area contributed by atoms with Crippen LogP contribution in [-0.2, 0) is 16.8 Å². The lowest BCUT2D eigenvalue weighted by atomic mass is 9.78. The summed E-state index contributed by atoms with van der Waals surface area (Å²) in [6, 6.07) is 0. The van der Waals surface area contributed by atoms with Crippen LogP contribution in [0.5, 0.6) is 0 Å². The first-order chi connectivity index (χ1) is 9.05. The molecule has 1 aliphatic rings. The van der Waals surface area contributed by atoms with Crippen LogP contribution in [0.25, 0.3) is 0 Å². The molecule has 2 rings (SSSR count). The first-order valence-electron chi connectivity index (χ1n) is 7.21. The van der Waals surface area contributed by atoms with Gasteiger partial charge in [-0.3, -0.25) is 0 Å². The molecular formula is C14H24N2O3. The van der Waals surface area contributed by atoms with Gasteiger partial charge in [-0.1, -0.05) is 18.5 Å². The summed E-state index contributed by atoms with van der Waals surface area (Å²) in [5.74, 6) is 1.75. The molecule has 108 valence electrons. The van der Waals surface area contributed by atoms with E-state index >= 15 is 0 Å². The summed E-state index contributed by atoms with van der Waals surface area (Å²) in [6.45, 7) is 6.60. The van der Waals surface area contributed by atoms with Crippen LogP contribution in [0.3, 0.4) is 0 Å². The van der Waals surface area contributed by atoms with Crippen molar-refractivity contribution in [3.63, 3.8) is 0 Å². The maximum atomic E-state index is 9.38. The molecule has 0 aromatic carbocycles. The van der Waals surface area contributed by atoms with E-state index in [1.165, 1.54) is 6.42 Å². The van der Waals surface area contributed by atoms with Gasteiger partial charge in [-0.15, -0.1) is 0 Å². The van der Waals surface area contributed by atoms with Gasteiger partial charge in [0.1, 0.15) is 5.60 Å². The number of ether oxygens (including phenoxy) is 1. The van der Waals surface area contributed by atoms with E-state index in [1.54, 1.807) is 6.92 Å². The molecule has 0 amide bonds. The highest BCUT2D eigenvalue weighted by Crippen LogP contribution is 2.41. The maximum Gasteiger partial charge on any atom is 0.229 e. The van der Waals surface area contributed by atoms with Gasteiger partial charge in [0.15, 0.2) is 0 Å². The van der Waals surface area contributed by atoms with Crippen molar-refractivity contribution in [3.8, 4) is 0 Å². The first kappa shape index (κ1) is 14.5. The molecule has 1 aromatic rings. The molecule has 19 heavy (non-hydrogen) atoms. The lowest BCUT2D eigenvalue weighted by Crippen LogP contribution is -2.36. The summed E-state index contributed by atoms with van der Waals surface area (Å²) in [4.78, 5) is 4.44. The van der Waals surface area contributed by atoms with Crippen molar-refractivity contribution in [2.24, 2.45) is 5.92 Å². The molecule has 0 saturated heterocycles. The normalized spacial score (nSPS) is 29.4. The molecule has 5 heteroatoms. The minimum absolute atomic E-state index is 0.394. The van der Waals surface area contributed by atoms with Gasteiger partial charge in [0, 0.05) is 6.61 Å². The monoisotopic (exact) mass is 268 g/mol. The average molecular weight is 268 g/mol. The van der Waals surface area contributed by atoms with Gasteiger partial charge in [-0.05, 0) is 39.0 Å². The Morgan fingerprint density at radius 3 is 3.00 bits per heavy atom. The van der Waals surface area contributed by atoms with Crippen LogP contribution < -0.4 is 0 Å². The molecule has 1 fully saturated rings. The van der Waals surface area contributed by atoms with E-state index in [1.807, 2.05) is 6.92 Å². The number of hydrogen-bond donors (Lipinski definition) is 1. The zero-order valence-electron chi connectivity index (χ0n) is 12.1. The summed E-state index contributed by atoms with van der Waals surface area (Å²) in [7, 11) is 0. The Balaban J connectivity index is 2.20. The molecular weight excluding hydrogens is 244 g/mol. The minimum atomic E-state index is -0.471. The highest BCUT2D eigenvalue weighted by Gasteiger charge is 2.41. The van der Waals surface area contributed by atoms with E-state index in [0.29, 0.717) is 30.7 Å². The summed E-state index contributed by atoms with van der Waals surface area (Å²) < 4.78 is 11.2. The summed E-state index contributed by atoms with van der Waals surface area (Å²) in [5.41, 5.74) is -0.396. The molecule has 1 aliphatic carbocycles. The Bertz CT molecular complexity index is 401. The molecule has 0 bridgehead atoms. The quantitative estimate of drug-likeness (QED) is 0.888. The zero-order chi connectivity index (χ0) is 13.9. The molecule has 0 aliphatic heterocycles. The van der Waals surface area contributed by atoms with Gasteiger partial charge in [0.25, 0.3) is 0 Å². The van der Waals surface area contributed by atoms with Crippen LogP contribution in [0.1, 0.15) is 58.2 Å².